The molecule has 1 saturated heterocycles. The standard InChI is InChI=1S/C23H24ClN3O4S2/c1-26(16-9-10-16)33(29,30)18-11-7-15(8-12-18)22(28)27(14-17-4-3-13-31-17)23-25-21-19(24)5-2-6-20(21)32-23/h2,5-8,11-12,16-17H,3-4,9-10,13-14H2,1H3. The number of carbonyl (C=O) groups excluding carboxylic acids is 1. The largest absolute Gasteiger partial charge is 0.376 e. The summed E-state index contributed by atoms with van der Waals surface area (Å²) < 4.78 is 33.7. The van der Waals surface area contributed by atoms with Gasteiger partial charge in [-0.05, 0) is 62.1 Å². The van der Waals surface area contributed by atoms with Crippen LogP contribution in [0.15, 0.2) is 47.4 Å². The van der Waals surface area contributed by atoms with Crippen molar-refractivity contribution in [3.05, 3.63) is 53.1 Å². The topological polar surface area (TPSA) is 79.8 Å². The van der Waals surface area contributed by atoms with Gasteiger partial charge >= 0.3 is 0 Å². The van der Waals surface area contributed by atoms with E-state index in [-0.39, 0.29) is 22.9 Å². The van der Waals surface area contributed by atoms with Gasteiger partial charge in [0.15, 0.2) is 5.13 Å². The Morgan fingerprint density at radius 1 is 1.18 bits per heavy atom. The Labute approximate surface area is 202 Å². The number of halogens is 1. The third-order valence-corrected chi connectivity index (χ3v) is 9.36. The summed E-state index contributed by atoms with van der Waals surface area (Å²) >= 11 is 7.71. The fourth-order valence-corrected chi connectivity index (χ4v) is 6.67. The van der Waals surface area contributed by atoms with Crippen LogP contribution < -0.4 is 4.90 Å². The number of hydrogen-bond donors (Lipinski definition) is 0. The second-order valence-corrected chi connectivity index (χ2v) is 11.8. The predicted molar refractivity (Wildman–Crippen MR) is 130 cm³/mol. The maximum atomic E-state index is 13.6. The summed E-state index contributed by atoms with van der Waals surface area (Å²) in [4.78, 5) is 20.0. The number of benzene rings is 2. The average Bonchev–Trinajstić information content (AvgIpc) is 3.35. The summed E-state index contributed by atoms with van der Waals surface area (Å²) in [6.45, 7) is 1.06. The van der Waals surface area contributed by atoms with Gasteiger partial charge < -0.3 is 4.74 Å². The number of aromatic nitrogens is 1. The third-order valence-electron chi connectivity index (χ3n) is 6.08. The molecule has 1 aliphatic heterocycles. The maximum Gasteiger partial charge on any atom is 0.260 e. The summed E-state index contributed by atoms with van der Waals surface area (Å²) in [5, 5.41) is 1.08. The van der Waals surface area contributed by atoms with Crippen LogP contribution in [0.25, 0.3) is 10.2 Å². The number of rotatable bonds is 7. The number of amides is 1. The number of nitrogens with zero attached hydrogens (tertiary/aromatic N) is 3. The van der Waals surface area contributed by atoms with E-state index in [0.29, 0.717) is 34.4 Å². The molecule has 2 heterocycles. The molecule has 10 heteroatoms. The van der Waals surface area contributed by atoms with Gasteiger partial charge in [0.2, 0.25) is 10.0 Å². The van der Waals surface area contributed by atoms with E-state index in [0.717, 1.165) is 30.4 Å². The Morgan fingerprint density at radius 3 is 2.58 bits per heavy atom. The number of hydrogen-bond acceptors (Lipinski definition) is 6. The highest BCUT2D eigenvalue weighted by molar-refractivity contribution is 7.89. The molecule has 174 valence electrons. The Balaban J connectivity index is 1.45. The first kappa shape index (κ1) is 22.7. The van der Waals surface area contributed by atoms with Crippen LogP contribution >= 0.6 is 22.9 Å². The Bertz CT molecular complexity index is 1280. The number of fused-ring (bicyclic) bond motifs is 1. The summed E-state index contributed by atoms with van der Waals surface area (Å²) in [6, 6.07) is 11.8. The maximum absolute atomic E-state index is 13.6. The van der Waals surface area contributed by atoms with Gasteiger partial charge in [0.1, 0.15) is 5.52 Å². The van der Waals surface area contributed by atoms with Crippen LogP contribution in [0.4, 0.5) is 5.13 Å². The smallest absolute Gasteiger partial charge is 0.260 e. The summed E-state index contributed by atoms with van der Waals surface area (Å²) in [5.41, 5.74) is 1.06. The molecule has 1 aromatic heterocycles. The molecule has 2 aliphatic rings. The molecule has 0 radical (unpaired) electrons. The minimum absolute atomic E-state index is 0.0664. The highest BCUT2D eigenvalue weighted by atomic mass is 35.5. The van der Waals surface area contributed by atoms with Crippen LogP contribution in [0.3, 0.4) is 0 Å². The van der Waals surface area contributed by atoms with Crippen LogP contribution in [0.2, 0.25) is 5.02 Å². The third kappa shape index (κ3) is 4.52. The zero-order valence-electron chi connectivity index (χ0n) is 18.1. The van der Waals surface area contributed by atoms with Crippen LogP contribution in [0, 0.1) is 0 Å². The molecule has 1 unspecified atom stereocenters. The molecule has 2 aromatic carbocycles. The van der Waals surface area contributed by atoms with Crippen molar-refractivity contribution in [3.63, 3.8) is 0 Å². The van der Waals surface area contributed by atoms with Crippen LogP contribution in [0.1, 0.15) is 36.0 Å². The van der Waals surface area contributed by atoms with Crippen molar-refractivity contribution in [2.45, 2.75) is 42.7 Å². The molecule has 7 nitrogen and oxygen atoms in total. The van der Waals surface area contributed by atoms with Crippen molar-refractivity contribution in [2.75, 3.05) is 25.1 Å². The lowest BCUT2D eigenvalue weighted by Crippen LogP contribution is -2.37. The van der Waals surface area contributed by atoms with E-state index < -0.39 is 10.0 Å². The summed E-state index contributed by atoms with van der Waals surface area (Å²) in [6.07, 6.45) is 3.54. The lowest BCUT2D eigenvalue weighted by molar-refractivity contribution is 0.0917. The molecular formula is C23H24ClN3O4S2. The van der Waals surface area contributed by atoms with Gasteiger partial charge in [-0.2, -0.15) is 4.31 Å². The van der Waals surface area contributed by atoms with Crippen molar-refractivity contribution in [2.24, 2.45) is 0 Å². The van der Waals surface area contributed by atoms with E-state index in [1.807, 2.05) is 12.1 Å². The monoisotopic (exact) mass is 505 g/mol. The van der Waals surface area contributed by atoms with Crippen LogP contribution in [-0.4, -0.2) is 56.0 Å². The number of carbonyl (C=O) groups is 1. The fraction of sp³-hybridized carbons (Fsp3) is 0.391. The van der Waals surface area contributed by atoms with Crippen molar-refractivity contribution in [1.82, 2.24) is 9.29 Å². The number of sulfonamides is 1. The van der Waals surface area contributed by atoms with E-state index in [4.69, 9.17) is 16.3 Å². The number of para-hydroxylation sites is 1. The van der Waals surface area contributed by atoms with Gasteiger partial charge in [0.25, 0.3) is 5.91 Å². The number of ether oxygens (including phenoxy) is 1. The summed E-state index contributed by atoms with van der Waals surface area (Å²) in [5.74, 6) is -0.250. The molecule has 2 fully saturated rings. The van der Waals surface area contributed by atoms with E-state index in [1.165, 1.54) is 27.8 Å². The minimum atomic E-state index is -3.57. The molecule has 0 N–H and O–H groups in total. The molecule has 33 heavy (non-hydrogen) atoms. The quantitative estimate of drug-likeness (QED) is 0.470. The Morgan fingerprint density at radius 2 is 1.94 bits per heavy atom. The molecular weight excluding hydrogens is 482 g/mol. The normalized spacial score (nSPS) is 18.8. The van der Waals surface area contributed by atoms with Gasteiger partial charge in [-0.3, -0.25) is 9.69 Å². The van der Waals surface area contributed by atoms with E-state index in [1.54, 1.807) is 30.1 Å². The van der Waals surface area contributed by atoms with E-state index >= 15 is 0 Å². The first-order valence-electron chi connectivity index (χ1n) is 10.9. The fourth-order valence-electron chi connectivity index (χ4n) is 3.98. The molecule has 0 spiro atoms. The van der Waals surface area contributed by atoms with Crippen LogP contribution in [0.5, 0.6) is 0 Å². The average molecular weight is 506 g/mol. The molecule has 1 amide bonds. The molecule has 1 atom stereocenters. The predicted octanol–water partition coefficient (Wildman–Crippen LogP) is 4.56. The van der Waals surface area contributed by atoms with Gasteiger partial charge in [-0.25, -0.2) is 13.4 Å². The highest BCUT2D eigenvalue weighted by Crippen LogP contribution is 2.34. The molecule has 1 saturated carbocycles. The SMILES string of the molecule is CN(C1CC1)S(=O)(=O)c1ccc(C(=O)N(CC2CCCO2)c2nc3c(Cl)cccc3s2)cc1. The minimum Gasteiger partial charge on any atom is -0.376 e. The second-order valence-electron chi connectivity index (χ2n) is 8.41. The lowest BCUT2D eigenvalue weighted by atomic mass is 10.2. The van der Waals surface area contributed by atoms with Gasteiger partial charge in [0, 0.05) is 25.3 Å². The zero-order valence-corrected chi connectivity index (χ0v) is 20.5. The zero-order chi connectivity index (χ0) is 23.2. The second kappa shape index (κ2) is 8.96. The molecule has 1 aliphatic carbocycles. The molecule has 0 bridgehead atoms. The van der Waals surface area contributed by atoms with Gasteiger partial charge in [-0.15, -0.1) is 0 Å². The lowest BCUT2D eigenvalue weighted by Gasteiger charge is -2.23. The van der Waals surface area contributed by atoms with E-state index in [9.17, 15) is 13.2 Å². The van der Waals surface area contributed by atoms with Crippen molar-refractivity contribution in [3.8, 4) is 0 Å². The van der Waals surface area contributed by atoms with Gasteiger partial charge in [0.05, 0.1) is 27.3 Å². The first-order chi connectivity index (χ1) is 15.8. The van der Waals surface area contributed by atoms with E-state index in [2.05, 4.69) is 4.98 Å². The summed E-state index contributed by atoms with van der Waals surface area (Å²) in [7, 11) is -1.96. The molecule has 3 aromatic rings. The number of thiazole rings is 1. The number of anilines is 1. The Kier molecular flexibility index (Phi) is 6.17. The highest BCUT2D eigenvalue weighted by Gasteiger charge is 2.35. The Hall–Kier alpha value is -2.04. The molecule has 5 rings (SSSR count). The van der Waals surface area contributed by atoms with Crippen molar-refractivity contribution < 1.29 is 17.9 Å². The first-order valence-corrected chi connectivity index (χ1v) is 13.5. The van der Waals surface area contributed by atoms with Crippen LogP contribution in [-0.2, 0) is 14.8 Å². The van der Waals surface area contributed by atoms with Crippen molar-refractivity contribution >= 4 is 54.2 Å². The van der Waals surface area contributed by atoms with Crippen molar-refractivity contribution in [1.29, 1.82) is 0 Å². The van der Waals surface area contributed by atoms with Gasteiger partial charge in [-0.1, -0.05) is 29.0 Å².